The minimum Gasteiger partial charge on any atom is -0.407 e. The predicted octanol–water partition coefficient (Wildman–Crippen LogP) is 4.59. The van der Waals surface area contributed by atoms with Crippen molar-refractivity contribution in [3.8, 4) is 0 Å². The van der Waals surface area contributed by atoms with Gasteiger partial charge in [0.25, 0.3) is 0 Å². The fraction of sp³-hybridized carbons (Fsp3) is 0.111. The van der Waals surface area contributed by atoms with Gasteiger partial charge in [-0.2, -0.15) is 8.73 Å². The van der Waals surface area contributed by atoms with Crippen LogP contribution in [-0.4, -0.2) is 10.2 Å². The number of halogens is 3. The number of benzene rings is 1. The Hall–Kier alpha value is -1.15. The zero-order chi connectivity index (χ0) is 13.4. The second-order valence-electron chi connectivity index (χ2n) is 3.44. The summed E-state index contributed by atoms with van der Waals surface area (Å²) in [6.45, 7) is 0. The smallest absolute Gasteiger partial charge is 0.320 e. The van der Waals surface area contributed by atoms with Crippen LogP contribution in [0.15, 0.2) is 19.2 Å². The summed E-state index contributed by atoms with van der Waals surface area (Å²) in [5.74, 6) is 0.443. The van der Waals surface area contributed by atoms with Gasteiger partial charge in [-0.25, -0.2) is 0 Å². The third kappa shape index (κ3) is 2.34. The molecule has 1 aromatic carbocycles. The van der Waals surface area contributed by atoms with Crippen LogP contribution in [0, 0.1) is 0 Å². The monoisotopic (exact) mass is 335 g/mol. The van der Waals surface area contributed by atoms with E-state index in [0.29, 0.717) is 33.0 Å². The van der Waals surface area contributed by atoms with E-state index >= 15 is 0 Å². The highest BCUT2D eigenvalue weighted by atomic mass is 35.5. The molecule has 19 heavy (non-hydrogen) atoms. The maximum Gasteiger partial charge on any atom is 0.320 e. The molecule has 1 N–H and O–H groups in total. The molecular formula is C9H4Cl3N5OS. The first-order valence-corrected chi connectivity index (χ1v) is 6.96. The molecule has 1 aliphatic heterocycles. The van der Waals surface area contributed by atoms with Crippen LogP contribution in [0.4, 0.5) is 23.1 Å². The zero-order valence-corrected chi connectivity index (χ0v) is 12.1. The van der Waals surface area contributed by atoms with Gasteiger partial charge in [-0.05, 0) is 6.07 Å². The number of hydrogen-bond donors (Lipinski definition) is 1. The van der Waals surface area contributed by atoms with Gasteiger partial charge in [0.1, 0.15) is 17.3 Å². The van der Waals surface area contributed by atoms with Crippen LogP contribution in [0.25, 0.3) is 0 Å². The second-order valence-corrected chi connectivity index (χ2v) is 5.05. The van der Waals surface area contributed by atoms with Gasteiger partial charge in [-0.1, -0.05) is 28.3 Å². The van der Waals surface area contributed by atoms with Gasteiger partial charge in [0.2, 0.25) is 5.89 Å². The summed E-state index contributed by atoms with van der Waals surface area (Å²) >= 11 is 18.8. The van der Waals surface area contributed by atoms with Gasteiger partial charge >= 0.3 is 6.01 Å². The molecule has 98 valence electrons. The van der Waals surface area contributed by atoms with E-state index < -0.39 is 0 Å². The van der Waals surface area contributed by atoms with Crippen molar-refractivity contribution >= 4 is 69.2 Å². The Balaban J connectivity index is 2.02. The van der Waals surface area contributed by atoms with Crippen molar-refractivity contribution in [1.29, 1.82) is 0 Å². The first-order chi connectivity index (χ1) is 9.19. The highest BCUT2D eigenvalue weighted by molar-refractivity contribution is 7.58. The molecule has 0 unspecified atom stereocenters. The van der Waals surface area contributed by atoms with E-state index in [1.165, 1.54) is 0 Å². The molecule has 0 radical (unpaired) electrons. The zero-order valence-electron chi connectivity index (χ0n) is 9.02. The molecule has 1 aromatic heterocycles. The van der Waals surface area contributed by atoms with Gasteiger partial charge in [0.15, 0.2) is 0 Å². The van der Waals surface area contributed by atoms with E-state index in [2.05, 4.69) is 24.2 Å². The molecule has 0 saturated carbocycles. The third-order valence-electron chi connectivity index (χ3n) is 2.26. The summed E-state index contributed by atoms with van der Waals surface area (Å²) in [5, 5.41) is 11.2. The molecule has 0 spiro atoms. The number of hydrogen-bond acceptors (Lipinski definition) is 6. The Kier molecular flexibility index (Phi) is 3.44. The van der Waals surface area contributed by atoms with Gasteiger partial charge in [0.05, 0.1) is 27.1 Å². The SMILES string of the molecule is ClCc1nnc(Nc2c(Cl)cc(Cl)c3c2N=S=N3)o1. The number of anilines is 2. The average molecular weight is 337 g/mol. The maximum absolute atomic E-state index is 6.13. The molecule has 0 amide bonds. The predicted molar refractivity (Wildman–Crippen MR) is 75.1 cm³/mol. The lowest BCUT2D eigenvalue weighted by Crippen LogP contribution is -1.92. The molecule has 2 aromatic rings. The first kappa shape index (κ1) is 12.9. The molecule has 3 rings (SSSR count). The maximum atomic E-state index is 6.13. The highest BCUT2D eigenvalue weighted by Crippen LogP contribution is 2.48. The van der Waals surface area contributed by atoms with E-state index in [1.807, 2.05) is 0 Å². The quantitative estimate of drug-likeness (QED) is 0.710. The Bertz CT molecular complexity index is 725. The molecule has 6 nitrogen and oxygen atoms in total. The molecule has 0 fully saturated rings. The summed E-state index contributed by atoms with van der Waals surface area (Å²) in [6, 6.07) is 1.75. The topological polar surface area (TPSA) is 75.7 Å². The van der Waals surface area contributed by atoms with Crippen molar-refractivity contribution < 1.29 is 4.42 Å². The van der Waals surface area contributed by atoms with E-state index in [4.69, 9.17) is 39.2 Å². The number of nitrogens with one attached hydrogen (secondary N) is 1. The summed E-state index contributed by atoms with van der Waals surface area (Å²) in [4.78, 5) is 0. The van der Waals surface area contributed by atoms with Crippen molar-refractivity contribution in [1.82, 2.24) is 10.2 Å². The lowest BCUT2D eigenvalue weighted by molar-refractivity contribution is 0.530. The summed E-state index contributed by atoms with van der Waals surface area (Å²) in [5.41, 5.74) is 1.63. The summed E-state index contributed by atoms with van der Waals surface area (Å²) in [6.07, 6.45) is 0. The lowest BCUT2D eigenvalue weighted by Gasteiger charge is -2.08. The second kappa shape index (κ2) is 5.09. The number of aromatic nitrogens is 2. The molecule has 0 bridgehead atoms. The third-order valence-corrected chi connectivity index (χ3v) is 3.60. The minimum absolute atomic E-state index is 0.136. The van der Waals surface area contributed by atoms with Crippen LogP contribution >= 0.6 is 34.8 Å². The standard InChI is InChI=1S/C9H4Cl3N5OS/c10-2-5-14-15-9(18-5)13-6-3(11)1-4(12)7-8(6)17-19-16-7/h1H,2H2,(H,13,15). The van der Waals surface area contributed by atoms with Crippen LogP contribution in [0.1, 0.15) is 5.89 Å². The minimum atomic E-state index is 0.136. The molecule has 0 aliphatic carbocycles. The van der Waals surface area contributed by atoms with E-state index in [-0.39, 0.29) is 11.9 Å². The van der Waals surface area contributed by atoms with Crippen molar-refractivity contribution in [3.63, 3.8) is 0 Å². The van der Waals surface area contributed by atoms with Gasteiger partial charge in [0, 0.05) is 0 Å². The van der Waals surface area contributed by atoms with Crippen LogP contribution in [0.5, 0.6) is 0 Å². The van der Waals surface area contributed by atoms with Crippen LogP contribution < -0.4 is 5.32 Å². The van der Waals surface area contributed by atoms with Crippen molar-refractivity contribution in [2.75, 3.05) is 5.32 Å². The van der Waals surface area contributed by atoms with Crippen LogP contribution in [0.2, 0.25) is 10.0 Å². The van der Waals surface area contributed by atoms with Gasteiger partial charge < -0.3 is 9.73 Å². The van der Waals surface area contributed by atoms with E-state index in [1.54, 1.807) is 6.07 Å². The summed E-state index contributed by atoms with van der Waals surface area (Å²) in [7, 11) is 0. The fourth-order valence-corrected chi connectivity index (χ4v) is 2.73. The Morgan fingerprint density at radius 3 is 2.68 bits per heavy atom. The number of rotatable bonds is 3. The first-order valence-electron chi connectivity index (χ1n) is 4.94. The Morgan fingerprint density at radius 1 is 1.16 bits per heavy atom. The van der Waals surface area contributed by atoms with E-state index in [0.717, 1.165) is 11.4 Å². The van der Waals surface area contributed by atoms with Crippen LogP contribution in [0.3, 0.4) is 0 Å². The van der Waals surface area contributed by atoms with Crippen molar-refractivity contribution in [3.05, 3.63) is 22.0 Å². The molecule has 2 heterocycles. The molecule has 0 saturated heterocycles. The lowest BCUT2D eigenvalue weighted by atomic mass is 10.2. The fourth-order valence-electron chi connectivity index (χ4n) is 1.46. The Morgan fingerprint density at radius 2 is 1.95 bits per heavy atom. The molecule has 10 heteroatoms. The average Bonchev–Trinajstić information content (AvgIpc) is 3.03. The molecule has 1 aliphatic rings. The van der Waals surface area contributed by atoms with Crippen LogP contribution in [-0.2, 0) is 17.2 Å². The molecule has 0 atom stereocenters. The summed E-state index contributed by atoms with van der Waals surface area (Å²) < 4.78 is 13.5. The number of nitrogens with zero attached hydrogens (tertiary/aromatic N) is 4. The highest BCUT2D eigenvalue weighted by Gasteiger charge is 2.20. The number of alkyl halides is 1. The van der Waals surface area contributed by atoms with Crippen molar-refractivity contribution in [2.24, 2.45) is 8.73 Å². The Labute approximate surface area is 126 Å². The molecular weight excluding hydrogens is 333 g/mol. The normalized spacial score (nSPS) is 12.4. The van der Waals surface area contributed by atoms with Gasteiger partial charge in [-0.15, -0.1) is 16.7 Å². The number of fused-ring (bicyclic) bond motifs is 1. The van der Waals surface area contributed by atoms with E-state index in [9.17, 15) is 0 Å². The largest absolute Gasteiger partial charge is 0.407 e. The van der Waals surface area contributed by atoms with Crippen molar-refractivity contribution in [2.45, 2.75) is 5.88 Å². The van der Waals surface area contributed by atoms with Gasteiger partial charge in [-0.3, -0.25) is 0 Å².